The van der Waals surface area contributed by atoms with E-state index < -0.39 is 11.9 Å². The van der Waals surface area contributed by atoms with E-state index in [9.17, 15) is 9.50 Å². The Labute approximate surface area is 103 Å². The lowest BCUT2D eigenvalue weighted by Gasteiger charge is -2.12. The number of halogens is 3. The van der Waals surface area contributed by atoms with Gasteiger partial charge in [-0.25, -0.2) is 4.39 Å². The van der Waals surface area contributed by atoms with Gasteiger partial charge in [-0.3, -0.25) is 0 Å². The lowest BCUT2D eigenvalue weighted by atomic mass is 10.2. The third kappa shape index (κ3) is 3.40. The summed E-state index contributed by atoms with van der Waals surface area (Å²) in [6.07, 6.45) is -0.689. The zero-order valence-corrected chi connectivity index (χ0v) is 10.1. The van der Waals surface area contributed by atoms with Gasteiger partial charge >= 0.3 is 0 Å². The van der Waals surface area contributed by atoms with E-state index in [4.69, 9.17) is 27.9 Å². The van der Waals surface area contributed by atoms with Gasteiger partial charge in [0.25, 0.3) is 0 Å². The van der Waals surface area contributed by atoms with Crippen molar-refractivity contribution >= 4 is 28.9 Å². The second-order valence-corrected chi connectivity index (χ2v) is 3.88. The molecule has 0 bridgehead atoms. The molecule has 0 aliphatic carbocycles. The summed E-state index contributed by atoms with van der Waals surface area (Å²) in [4.78, 5) is 0. The van der Waals surface area contributed by atoms with Gasteiger partial charge in [0.1, 0.15) is 0 Å². The first-order valence-corrected chi connectivity index (χ1v) is 5.50. The van der Waals surface area contributed by atoms with E-state index in [1.807, 2.05) is 0 Å². The van der Waals surface area contributed by atoms with Gasteiger partial charge in [0, 0.05) is 18.3 Å². The van der Waals surface area contributed by atoms with Gasteiger partial charge in [0.15, 0.2) is 11.6 Å². The van der Waals surface area contributed by atoms with Crippen LogP contribution in [0, 0.1) is 5.82 Å². The second-order valence-electron chi connectivity index (χ2n) is 3.16. The van der Waals surface area contributed by atoms with Crippen molar-refractivity contribution < 1.29 is 14.2 Å². The topological polar surface area (TPSA) is 41.5 Å². The Morgan fingerprint density at radius 2 is 2.25 bits per heavy atom. The molecular formula is C10H12Cl2FNO2. The van der Waals surface area contributed by atoms with Crippen molar-refractivity contribution in [2.45, 2.75) is 6.10 Å². The van der Waals surface area contributed by atoms with Crippen molar-refractivity contribution in [3.8, 4) is 5.75 Å². The monoisotopic (exact) mass is 267 g/mol. The summed E-state index contributed by atoms with van der Waals surface area (Å²) in [5.74, 6) is -0.442. The lowest BCUT2D eigenvalue weighted by Crippen LogP contribution is -2.20. The minimum atomic E-state index is -0.689. The average Bonchev–Trinajstić information content (AvgIpc) is 2.25. The summed E-state index contributed by atoms with van der Waals surface area (Å²) in [7, 11) is 1.34. The highest BCUT2D eigenvalue weighted by Crippen LogP contribution is 2.30. The van der Waals surface area contributed by atoms with Crippen LogP contribution in [-0.4, -0.2) is 30.7 Å². The molecular weight excluding hydrogens is 256 g/mol. The molecule has 1 aromatic carbocycles. The van der Waals surface area contributed by atoms with E-state index in [1.54, 1.807) is 0 Å². The largest absolute Gasteiger partial charge is 0.492 e. The Bertz CT molecular complexity index is 340. The molecule has 0 aromatic heterocycles. The summed E-state index contributed by atoms with van der Waals surface area (Å²) < 4.78 is 18.2. The summed E-state index contributed by atoms with van der Waals surface area (Å²) in [5.41, 5.74) is 0.465. The maximum atomic E-state index is 13.4. The molecule has 1 aromatic rings. The molecule has 1 unspecified atom stereocenters. The van der Waals surface area contributed by atoms with Crippen LogP contribution in [0.5, 0.6) is 5.75 Å². The minimum Gasteiger partial charge on any atom is -0.492 e. The van der Waals surface area contributed by atoms with Crippen molar-refractivity contribution in [3.63, 3.8) is 0 Å². The van der Waals surface area contributed by atoms with Crippen LogP contribution < -0.4 is 10.1 Å². The lowest BCUT2D eigenvalue weighted by molar-refractivity contribution is 0.211. The highest BCUT2D eigenvalue weighted by atomic mass is 35.5. The predicted molar refractivity (Wildman–Crippen MR) is 63.2 cm³/mol. The fourth-order valence-electron chi connectivity index (χ4n) is 1.15. The first-order chi connectivity index (χ1) is 7.58. The fraction of sp³-hybridized carbons (Fsp3) is 0.400. The molecule has 1 rings (SSSR count). The maximum absolute atomic E-state index is 13.4. The van der Waals surface area contributed by atoms with E-state index in [-0.39, 0.29) is 23.2 Å². The van der Waals surface area contributed by atoms with Crippen LogP contribution in [0.1, 0.15) is 0 Å². The third-order valence-electron chi connectivity index (χ3n) is 1.92. The summed E-state index contributed by atoms with van der Waals surface area (Å²) in [6, 6.07) is 2.76. The van der Waals surface area contributed by atoms with E-state index in [1.165, 1.54) is 19.2 Å². The van der Waals surface area contributed by atoms with Gasteiger partial charge in [-0.05, 0) is 6.07 Å². The maximum Gasteiger partial charge on any atom is 0.173 e. The van der Waals surface area contributed by atoms with E-state index in [0.717, 1.165) is 0 Å². The number of ether oxygens (including phenoxy) is 1. The fourth-order valence-corrected chi connectivity index (χ4v) is 1.54. The van der Waals surface area contributed by atoms with Gasteiger partial charge < -0.3 is 15.2 Å². The minimum absolute atomic E-state index is 0.00473. The second kappa shape index (κ2) is 6.13. The SMILES string of the molecule is COc1c(F)cc(NCC(O)CCl)cc1Cl. The molecule has 0 fully saturated rings. The highest BCUT2D eigenvalue weighted by Gasteiger charge is 2.10. The Hall–Kier alpha value is -0.710. The van der Waals surface area contributed by atoms with Crippen LogP contribution in [0.4, 0.5) is 10.1 Å². The van der Waals surface area contributed by atoms with Crippen molar-refractivity contribution in [1.82, 2.24) is 0 Å². The normalized spacial score (nSPS) is 12.3. The molecule has 1 atom stereocenters. The van der Waals surface area contributed by atoms with Crippen LogP contribution in [0.3, 0.4) is 0 Å². The molecule has 0 saturated carbocycles. The molecule has 2 N–H and O–H groups in total. The van der Waals surface area contributed by atoms with Gasteiger partial charge in [-0.1, -0.05) is 11.6 Å². The number of aliphatic hydroxyl groups is 1. The first kappa shape index (κ1) is 13.4. The zero-order valence-electron chi connectivity index (χ0n) is 8.64. The molecule has 0 heterocycles. The van der Waals surface area contributed by atoms with Crippen molar-refractivity contribution in [1.29, 1.82) is 0 Å². The number of hydrogen-bond donors (Lipinski definition) is 2. The summed E-state index contributed by atoms with van der Waals surface area (Å²) in [6.45, 7) is 0.228. The number of alkyl halides is 1. The van der Waals surface area contributed by atoms with Crippen LogP contribution in [0.15, 0.2) is 12.1 Å². The van der Waals surface area contributed by atoms with E-state index in [2.05, 4.69) is 5.32 Å². The molecule has 6 heteroatoms. The molecule has 0 radical (unpaired) electrons. The Balaban J connectivity index is 2.76. The Kier molecular flexibility index (Phi) is 5.12. The molecule has 0 amide bonds. The molecule has 90 valence electrons. The Morgan fingerprint density at radius 1 is 1.56 bits per heavy atom. The zero-order chi connectivity index (χ0) is 12.1. The average molecular weight is 268 g/mol. The quantitative estimate of drug-likeness (QED) is 0.806. The van der Waals surface area contributed by atoms with E-state index in [0.29, 0.717) is 5.69 Å². The van der Waals surface area contributed by atoms with Gasteiger partial charge in [0.2, 0.25) is 0 Å². The van der Waals surface area contributed by atoms with Gasteiger partial charge in [-0.2, -0.15) is 0 Å². The summed E-state index contributed by atoms with van der Waals surface area (Å²) >= 11 is 11.2. The molecule has 0 aliphatic heterocycles. The molecule has 0 aliphatic rings. The molecule has 16 heavy (non-hydrogen) atoms. The number of benzene rings is 1. The van der Waals surface area contributed by atoms with Crippen molar-refractivity contribution in [2.24, 2.45) is 0 Å². The predicted octanol–water partition coefficient (Wildman–Crippen LogP) is 2.50. The first-order valence-electron chi connectivity index (χ1n) is 4.59. The number of anilines is 1. The number of rotatable bonds is 5. The van der Waals surface area contributed by atoms with Crippen LogP contribution >= 0.6 is 23.2 Å². The van der Waals surface area contributed by atoms with Crippen LogP contribution in [-0.2, 0) is 0 Å². The number of nitrogens with one attached hydrogen (secondary N) is 1. The smallest absolute Gasteiger partial charge is 0.173 e. The third-order valence-corrected chi connectivity index (χ3v) is 2.56. The number of hydrogen-bond acceptors (Lipinski definition) is 3. The molecule has 0 saturated heterocycles. The van der Waals surface area contributed by atoms with Crippen molar-refractivity contribution in [2.75, 3.05) is 24.9 Å². The molecule has 0 spiro atoms. The van der Waals surface area contributed by atoms with Crippen molar-refractivity contribution in [3.05, 3.63) is 23.0 Å². The number of aliphatic hydroxyl groups excluding tert-OH is 1. The van der Waals surface area contributed by atoms with E-state index >= 15 is 0 Å². The highest BCUT2D eigenvalue weighted by molar-refractivity contribution is 6.32. The van der Waals surface area contributed by atoms with Crippen LogP contribution in [0.2, 0.25) is 5.02 Å². The van der Waals surface area contributed by atoms with Crippen LogP contribution in [0.25, 0.3) is 0 Å². The van der Waals surface area contributed by atoms with Gasteiger partial charge in [0.05, 0.1) is 24.1 Å². The summed E-state index contributed by atoms with van der Waals surface area (Å²) in [5, 5.41) is 12.2. The number of methoxy groups -OCH3 is 1. The standard InChI is InChI=1S/C10H12Cl2FNO2/c1-16-10-8(12)2-6(3-9(10)13)14-5-7(15)4-11/h2-3,7,14-15H,4-5H2,1H3. The molecule has 3 nitrogen and oxygen atoms in total. The van der Waals surface area contributed by atoms with Gasteiger partial charge in [-0.15, -0.1) is 11.6 Å². The Morgan fingerprint density at radius 3 is 2.75 bits per heavy atom.